The Labute approximate surface area is 126 Å². The molecule has 0 saturated heterocycles. The Balaban J connectivity index is 2.26. The lowest BCUT2D eigenvalue weighted by Crippen LogP contribution is -2.19. The number of hydrogen-bond acceptors (Lipinski definition) is 3. The first-order valence-corrected chi connectivity index (χ1v) is 7.16. The third kappa shape index (κ3) is 3.46. The standard InChI is InChI=1S/C12H8BrClFNO2S/c13-8-5-9(19-11(8)14)10(12(17)18)16-7-3-1-6(15)2-4-7/h1-5,10,16H,(H,17,18). The summed E-state index contributed by atoms with van der Waals surface area (Å²) in [5.74, 6) is -1.41. The minimum absolute atomic E-state index is 0.376. The van der Waals surface area contributed by atoms with E-state index in [0.717, 1.165) is 0 Å². The van der Waals surface area contributed by atoms with Crippen LogP contribution >= 0.6 is 38.9 Å². The van der Waals surface area contributed by atoms with E-state index in [4.69, 9.17) is 11.6 Å². The van der Waals surface area contributed by atoms with Gasteiger partial charge in [0.25, 0.3) is 0 Å². The number of hydrogen-bond donors (Lipinski definition) is 2. The van der Waals surface area contributed by atoms with E-state index in [0.29, 0.717) is 19.4 Å². The molecule has 0 aliphatic carbocycles. The van der Waals surface area contributed by atoms with E-state index in [1.165, 1.54) is 35.6 Å². The van der Waals surface area contributed by atoms with Crippen molar-refractivity contribution in [3.05, 3.63) is 49.8 Å². The molecule has 100 valence electrons. The maximum absolute atomic E-state index is 12.8. The van der Waals surface area contributed by atoms with Crippen molar-refractivity contribution in [2.45, 2.75) is 6.04 Å². The second-order valence-corrected chi connectivity index (χ2v) is 6.23. The van der Waals surface area contributed by atoms with Gasteiger partial charge in [0.05, 0.1) is 0 Å². The molecule has 7 heteroatoms. The molecule has 2 aromatic rings. The zero-order chi connectivity index (χ0) is 14.0. The fourth-order valence-electron chi connectivity index (χ4n) is 1.47. The van der Waals surface area contributed by atoms with Gasteiger partial charge in [-0.25, -0.2) is 9.18 Å². The SMILES string of the molecule is O=C(O)C(Nc1ccc(F)cc1)c1cc(Br)c(Cl)s1. The first-order valence-electron chi connectivity index (χ1n) is 5.17. The van der Waals surface area contributed by atoms with Gasteiger partial charge < -0.3 is 10.4 Å². The molecule has 0 aliphatic rings. The van der Waals surface area contributed by atoms with Gasteiger partial charge in [0.15, 0.2) is 6.04 Å². The zero-order valence-corrected chi connectivity index (χ0v) is 12.5. The number of rotatable bonds is 4. The van der Waals surface area contributed by atoms with Crippen molar-refractivity contribution in [2.24, 2.45) is 0 Å². The zero-order valence-electron chi connectivity index (χ0n) is 9.36. The van der Waals surface area contributed by atoms with Crippen LogP contribution < -0.4 is 5.32 Å². The number of benzene rings is 1. The number of aliphatic carboxylic acids is 1. The molecule has 1 heterocycles. The predicted molar refractivity (Wildman–Crippen MR) is 77.4 cm³/mol. The number of anilines is 1. The summed E-state index contributed by atoms with van der Waals surface area (Å²) in [6.45, 7) is 0. The van der Waals surface area contributed by atoms with Gasteiger partial charge in [-0.15, -0.1) is 11.3 Å². The first kappa shape index (κ1) is 14.3. The Hall–Kier alpha value is -1.11. The summed E-state index contributed by atoms with van der Waals surface area (Å²) in [5, 5.41) is 12.1. The second-order valence-electron chi connectivity index (χ2n) is 3.69. The maximum atomic E-state index is 12.8. The second kappa shape index (κ2) is 5.90. The molecular weight excluding hydrogens is 357 g/mol. The first-order chi connectivity index (χ1) is 8.97. The molecule has 0 spiro atoms. The van der Waals surface area contributed by atoms with Crippen LogP contribution in [0, 0.1) is 5.82 Å². The van der Waals surface area contributed by atoms with Gasteiger partial charge in [0, 0.05) is 15.0 Å². The summed E-state index contributed by atoms with van der Waals surface area (Å²) >= 11 is 10.3. The Morgan fingerprint density at radius 1 is 1.42 bits per heavy atom. The van der Waals surface area contributed by atoms with Crippen LogP contribution in [0.3, 0.4) is 0 Å². The lowest BCUT2D eigenvalue weighted by atomic mass is 10.2. The van der Waals surface area contributed by atoms with Crippen LogP contribution in [0.2, 0.25) is 4.34 Å². The van der Waals surface area contributed by atoms with Gasteiger partial charge in [0.2, 0.25) is 0 Å². The van der Waals surface area contributed by atoms with Crippen LogP contribution in [0.15, 0.2) is 34.8 Å². The Kier molecular flexibility index (Phi) is 4.44. The Bertz CT molecular complexity index is 583. The van der Waals surface area contributed by atoms with Crippen molar-refractivity contribution in [3.8, 4) is 0 Å². The number of carbonyl (C=O) groups is 1. The third-order valence-electron chi connectivity index (χ3n) is 2.35. The highest BCUT2D eigenvalue weighted by atomic mass is 79.9. The average molecular weight is 365 g/mol. The largest absolute Gasteiger partial charge is 0.479 e. The van der Waals surface area contributed by atoms with Crippen LogP contribution in [0.4, 0.5) is 10.1 Å². The monoisotopic (exact) mass is 363 g/mol. The fourth-order valence-corrected chi connectivity index (χ4v) is 3.25. The molecule has 3 nitrogen and oxygen atoms in total. The van der Waals surface area contributed by atoms with Crippen molar-refractivity contribution < 1.29 is 14.3 Å². The highest BCUT2D eigenvalue weighted by Gasteiger charge is 2.23. The predicted octanol–water partition coefficient (Wildman–Crippen LogP) is 4.54. The summed E-state index contributed by atoms with van der Waals surface area (Å²) < 4.78 is 13.9. The molecule has 0 bridgehead atoms. The molecule has 1 atom stereocenters. The van der Waals surface area contributed by atoms with Gasteiger partial charge in [-0.2, -0.15) is 0 Å². The van der Waals surface area contributed by atoms with E-state index in [1.807, 2.05) is 0 Å². The van der Waals surface area contributed by atoms with Crippen molar-refractivity contribution in [3.63, 3.8) is 0 Å². The van der Waals surface area contributed by atoms with Gasteiger partial charge in [-0.05, 0) is 46.3 Å². The van der Waals surface area contributed by atoms with Gasteiger partial charge in [0.1, 0.15) is 10.2 Å². The van der Waals surface area contributed by atoms with Crippen molar-refractivity contribution in [1.82, 2.24) is 0 Å². The summed E-state index contributed by atoms with van der Waals surface area (Å²) in [6.07, 6.45) is 0. The molecule has 1 aromatic heterocycles. The van der Waals surface area contributed by atoms with Crippen LogP contribution in [0.5, 0.6) is 0 Å². The van der Waals surface area contributed by atoms with E-state index in [9.17, 15) is 14.3 Å². The van der Waals surface area contributed by atoms with Gasteiger partial charge >= 0.3 is 5.97 Å². The van der Waals surface area contributed by atoms with E-state index >= 15 is 0 Å². The topological polar surface area (TPSA) is 49.3 Å². The van der Waals surface area contributed by atoms with Crippen molar-refractivity contribution in [1.29, 1.82) is 0 Å². The maximum Gasteiger partial charge on any atom is 0.331 e. The third-order valence-corrected chi connectivity index (χ3v) is 4.89. The molecule has 2 N–H and O–H groups in total. The minimum atomic E-state index is -1.03. The molecular formula is C12H8BrClFNO2S. The fraction of sp³-hybridized carbons (Fsp3) is 0.0833. The Morgan fingerprint density at radius 2 is 2.05 bits per heavy atom. The van der Waals surface area contributed by atoms with Crippen molar-refractivity contribution >= 4 is 50.5 Å². The van der Waals surface area contributed by atoms with Crippen LogP contribution in [0.25, 0.3) is 0 Å². The number of thiophene rings is 1. The van der Waals surface area contributed by atoms with Crippen LogP contribution in [-0.4, -0.2) is 11.1 Å². The van der Waals surface area contributed by atoms with Gasteiger partial charge in [-0.3, -0.25) is 0 Å². The summed E-state index contributed by atoms with van der Waals surface area (Å²) in [7, 11) is 0. The number of nitrogens with one attached hydrogen (secondary N) is 1. The highest BCUT2D eigenvalue weighted by Crippen LogP contribution is 2.36. The number of halogens is 3. The summed E-state index contributed by atoms with van der Waals surface area (Å²) in [4.78, 5) is 11.9. The molecule has 0 fully saturated rings. The average Bonchev–Trinajstić information content (AvgIpc) is 2.68. The van der Waals surface area contributed by atoms with E-state index in [-0.39, 0.29) is 5.82 Å². The molecule has 0 saturated carbocycles. The molecule has 1 unspecified atom stereocenters. The number of carboxylic acids is 1. The lowest BCUT2D eigenvalue weighted by molar-refractivity contribution is -0.138. The number of carboxylic acid groups (broad SMARTS) is 1. The molecule has 19 heavy (non-hydrogen) atoms. The van der Waals surface area contributed by atoms with Crippen LogP contribution in [0.1, 0.15) is 10.9 Å². The smallest absolute Gasteiger partial charge is 0.331 e. The lowest BCUT2D eigenvalue weighted by Gasteiger charge is -2.14. The van der Waals surface area contributed by atoms with Crippen LogP contribution in [-0.2, 0) is 4.79 Å². The molecule has 2 rings (SSSR count). The van der Waals surface area contributed by atoms with Crippen molar-refractivity contribution in [2.75, 3.05) is 5.32 Å². The molecule has 0 amide bonds. The van der Waals surface area contributed by atoms with E-state index in [2.05, 4.69) is 21.2 Å². The molecule has 1 aromatic carbocycles. The molecule has 0 aliphatic heterocycles. The highest BCUT2D eigenvalue weighted by molar-refractivity contribution is 9.10. The normalized spacial score (nSPS) is 12.2. The Morgan fingerprint density at radius 3 is 2.53 bits per heavy atom. The minimum Gasteiger partial charge on any atom is -0.479 e. The molecule has 0 radical (unpaired) electrons. The quantitative estimate of drug-likeness (QED) is 0.837. The van der Waals surface area contributed by atoms with Gasteiger partial charge in [-0.1, -0.05) is 11.6 Å². The summed E-state index contributed by atoms with van der Waals surface area (Å²) in [5.41, 5.74) is 0.523. The summed E-state index contributed by atoms with van der Waals surface area (Å²) in [6, 6.07) is 6.21. The van der Waals surface area contributed by atoms with E-state index in [1.54, 1.807) is 6.07 Å². The van der Waals surface area contributed by atoms with E-state index < -0.39 is 12.0 Å².